The van der Waals surface area contributed by atoms with Crippen LogP contribution in [0.5, 0.6) is 0 Å². The first-order valence-corrected chi connectivity index (χ1v) is 6.66. The maximum absolute atomic E-state index is 9.00. The van der Waals surface area contributed by atoms with Crippen LogP contribution in [0.15, 0.2) is 0 Å². The van der Waals surface area contributed by atoms with Crippen LogP contribution in [0, 0.1) is 0 Å². The van der Waals surface area contributed by atoms with E-state index in [0.717, 1.165) is 27.7 Å². The summed E-state index contributed by atoms with van der Waals surface area (Å²) < 4.78 is 0. The van der Waals surface area contributed by atoms with Gasteiger partial charge in [-0.2, -0.15) is 0 Å². The number of carbonyl (C=O) groups is 4. The fourth-order valence-electron chi connectivity index (χ4n) is 0. The molecular formula is C10H24O8P2. The van der Waals surface area contributed by atoms with E-state index in [-0.39, 0.29) is 0 Å². The number of hydrogen-bond acceptors (Lipinski definition) is 4. The Morgan fingerprint density at radius 1 is 0.600 bits per heavy atom. The fourth-order valence-corrected chi connectivity index (χ4v) is 0. The Morgan fingerprint density at radius 3 is 0.650 bits per heavy atom. The van der Waals surface area contributed by atoms with Crippen LogP contribution in [0.4, 0.5) is 0 Å². The van der Waals surface area contributed by atoms with Crippen LogP contribution in [0.1, 0.15) is 27.7 Å². The topological polar surface area (TPSA) is 149 Å². The zero-order chi connectivity index (χ0) is 17.7. The molecule has 0 fully saturated rings. The Bertz CT molecular complexity index is 190. The van der Waals surface area contributed by atoms with Crippen molar-refractivity contribution in [1.82, 2.24) is 0 Å². The van der Waals surface area contributed by atoms with Crippen LogP contribution >= 0.6 is 18.5 Å². The van der Waals surface area contributed by atoms with Gasteiger partial charge in [0.15, 0.2) is 0 Å². The van der Waals surface area contributed by atoms with E-state index in [4.69, 9.17) is 39.6 Å². The Hall–Kier alpha value is -1.26. The highest BCUT2D eigenvalue weighted by Gasteiger charge is 1.66. The Balaban J connectivity index is -0.0000000469. The van der Waals surface area contributed by atoms with Gasteiger partial charge in [-0.3, -0.25) is 19.2 Å². The predicted octanol–water partition coefficient (Wildman–Crippen LogP) is 1.10. The molecule has 0 saturated carbocycles. The molecule has 122 valence electrons. The summed E-state index contributed by atoms with van der Waals surface area (Å²) >= 11 is 0. The third-order valence-corrected chi connectivity index (χ3v) is 1.50. The lowest BCUT2D eigenvalue weighted by Crippen LogP contribution is -1.78. The summed E-state index contributed by atoms with van der Waals surface area (Å²) in [5.41, 5.74) is 0. The van der Waals surface area contributed by atoms with E-state index < -0.39 is 23.9 Å². The van der Waals surface area contributed by atoms with Gasteiger partial charge in [-0.15, -0.1) is 18.5 Å². The first-order chi connectivity index (χ1) is 8.84. The summed E-state index contributed by atoms with van der Waals surface area (Å²) in [6.45, 7) is 4.33. The molecule has 0 aliphatic rings. The molecule has 4 N–H and O–H groups in total. The van der Waals surface area contributed by atoms with E-state index in [2.05, 4.69) is 18.5 Å². The summed E-state index contributed by atoms with van der Waals surface area (Å²) in [6.07, 6.45) is 2.40. The largest absolute Gasteiger partial charge is 0.481 e. The lowest BCUT2D eigenvalue weighted by atomic mass is 10.9. The van der Waals surface area contributed by atoms with Gasteiger partial charge in [-0.1, -0.05) is 0 Å². The standard InChI is InChI=1S/4C2H4O2.C2H8P2/c4*1-2(3)4;3-1-2-4/h4*1H3,(H,3,4);1-4H2. The smallest absolute Gasteiger partial charge is 0.300 e. The van der Waals surface area contributed by atoms with Crippen LogP contribution in [-0.4, -0.2) is 56.6 Å². The van der Waals surface area contributed by atoms with Gasteiger partial charge in [0, 0.05) is 27.7 Å². The van der Waals surface area contributed by atoms with Crippen LogP contribution in [0.3, 0.4) is 0 Å². The van der Waals surface area contributed by atoms with Crippen LogP contribution < -0.4 is 0 Å². The van der Waals surface area contributed by atoms with Gasteiger partial charge in [0.2, 0.25) is 0 Å². The number of hydrogen-bond donors (Lipinski definition) is 4. The fraction of sp³-hybridized carbons (Fsp3) is 0.600. The van der Waals surface area contributed by atoms with Crippen LogP contribution in [-0.2, 0) is 19.2 Å². The minimum atomic E-state index is -0.833. The van der Waals surface area contributed by atoms with Gasteiger partial charge < -0.3 is 20.4 Å². The van der Waals surface area contributed by atoms with E-state index in [1.807, 2.05) is 0 Å². The molecule has 8 nitrogen and oxygen atoms in total. The maximum atomic E-state index is 9.00. The predicted molar refractivity (Wildman–Crippen MR) is 82.4 cm³/mol. The molecule has 0 rings (SSSR count). The molecule has 0 aliphatic carbocycles. The van der Waals surface area contributed by atoms with Gasteiger partial charge in [0.05, 0.1) is 0 Å². The molecule has 0 heterocycles. The first kappa shape index (κ1) is 31.2. The molecule has 2 unspecified atom stereocenters. The molecule has 10 heteroatoms. The zero-order valence-corrected chi connectivity index (χ0v) is 14.3. The number of carboxylic acids is 4. The summed E-state index contributed by atoms with van der Waals surface area (Å²) in [6, 6.07) is 0. The number of carboxylic acid groups (broad SMARTS) is 4. The van der Waals surface area contributed by atoms with Gasteiger partial charge >= 0.3 is 0 Å². The monoisotopic (exact) mass is 334 g/mol. The molecule has 0 spiro atoms. The normalized spacial score (nSPS) is 6.50. The molecule has 0 radical (unpaired) electrons. The lowest BCUT2D eigenvalue weighted by Gasteiger charge is -1.68. The average Bonchev–Trinajstić information content (AvgIpc) is 2.13. The van der Waals surface area contributed by atoms with Crippen molar-refractivity contribution in [2.45, 2.75) is 27.7 Å². The van der Waals surface area contributed by atoms with Gasteiger partial charge in [0.25, 0.3) is 23.9 Å². The highest BCUT2D eigenvalue weighted by atomic mass is 31.0. The average molecular weight is 334 g/mol. The van der Waals surface area contributed by atoms with Gasteiger partial charge in [-0.25, -0.2) is 0 Å². The highest BCUT2D eigenvalue weighted by Crippen LogP contribution is 1.83. The Labute approximate surface area is 123 Å². The van der Waals surface area contributed by atoms with Crippen LogP contribution in [0.25, 0.3) is 0 Å². The number of aliphatic carboxylic acids is 4. The Morgan fingerprint density at radius 2 is 0.650 bits per heavy atom. The Kier molecular flexibility index (Phi) is 47.8. The second kappa shape index (κ2) is 30.6. The maximum Gasteiger partial charge on any atom is 0.300 e. The molecule has 20 heavy (non-hydrogen) atoms. The van der Waals surface area contributed by atoms with Gasteiger partial charge in [-0.05, 0) is 12.3 Å². The summed E-state index contributed by atoms with van der Waals surface area (Å²) in [5, 5.41) is 29.7. The van der Waals surface area contributed by atoms with Crippen molar-refractivity contribution in [3.05, 3.63) is 0 Å². The van der Waals surface area contributed by atoms with Crippen LogP contribution in [0.2, 0.25) is 0 Å². The molecule has 0 aliphatic heterocycles. The van der Waals surface area contributed by atoms with E-state index in [1.165, 1.54) is 12.3 Å². The molecule has 0 bridgehead atoms. The third-order valence-electron chi connectivity index (χ3n) is 0.167. The first-order valence-electron chi connectivity index (χ1n) is 5.03. The summed E-state index contributed by atoms with van der Waals surface area (Å²) in [4.78, 5) is 36.0. The van der Waals surface area contributed by atoms with E-state index in [0.29, 0.717) is 0 Å². The minimum Gasteiger partial charge on any atom is -0.481 e. The molecule has 0 aromatic heterocycles. The summed E-state index contributed by atoms with van der Waals surface area (Å²) in [7, 11) is 5.27. The van der Waals surface area contributed by atoms with Crippen molar-refractivity contribution in [2.24, 2.45) is 0 Å². The zero-order valence-electron chi connectivity index (χ0n) is 12.0. The molecule has 0 aromatic carbocycles. The van der Waals surface area contributed by atoms with Crippen molar-refractivity contribution in [3.63, 3.8) is 0 Å². The van der Waals surface area contributed by atoms with E-state index in [9.17, 15) is 0 Å². The molecule has 0 amide bonds. The van der Waals surface area contributed by atoms with E-state index >= 15 is 0 Å². The quantitative estimate of drug-likeness (QED) is 0.521. The van der Waals surface area contributed by atoms with Crippen molar-refractivity contribution < 1.29 is 39.6 Å². The minimum absolute atomic E-state index is 0.833. The van der Waals surface area contributed by atoms with Crippen molar-refractivity contribution >= 4 is 42.4 Å². The molecular weight excluding hydrogens is 310 g/mol. The van der Waals surface area contributed by atoms with Crippen molar-refractivity contribution in [3.8, 4) is 0 Å². The highest BCUT2D eigenvalue weighted by molar-refractivity contribution is 7.21. The molecule has 0 aromatic rings. The SMILES string of the molecule is CC(=O)O.CC(=O)O.CC(=O)O.CC(=O)O.PCCP. The molecule has 0 saturated heterocycles. The van der Waals surface area contributed by atoms with Crippen molar-refractivity contribution in [2.75, 3.05) is 12.3 Å². The van der Waals surface area contributed by atoms with Crippen molar-refractivity contribution in [1.29, 1.82) is 0 Å². The van der Waals surface area contributed by atoms with Gasteiger partial charge in [0.1, 0.15) is 0 Å². The summed E-state index contributed by atoms with van der Waals surface area (Å²) in [5.74, 6) is -3.33. The second-order valence-corrected chi connectivity index (χ2v) is 3.81. The lowest BCUT2D eigenvalue weighted by molar-refractivity contribution is -0.135. The molecule has 2 atom stereocenters. The number of rotatable bonds is 1. The second-order valence-electron chi connectivity index (χ2n) is 2.65. The third kappa shape index (κ3) is 61400. The van der Waals surface area contributed by atoms with E-state index in [1.54, 1.807) is 0 Å².